The van der Waals surface area contributed by atoms with E-state index in [9.17, 15) is 9.90 Å². The summed E-state index contributed by atoms with van der Waals surface area (Å²) in [5, 5.41) is 9.25. The van der Waals surface area contributed by atoms with Gasteiger partial charge in [0.05, 0.1) is 18.7 Å². The number of aromatic hydroxyl groups is 1. The molecule has 1 N–H and O–H groups in total. The summed E-state index contributed by atoms with van der Waals surface area (Å²) in [7, 11) is 1.70. The predicted octanol–water partition coefficient (Wildman–Crippen LogP) is 1.14. The zero-order valence-electron chi connectivity index (χ0n) is 7.86. The Labute approximate surface area is 81.7 Å². The quantitative estimate of drug-likeness (QED) is 0.672. The van der Waals surface area contributed by atoms with Crippen molar-refractivity contribution in [2.45, 2.75) is 6.42 Å². The molecule has 74 valence electrons. The van der Waals surface area contributed by atoms with E-state index >= 15 is 0 Å². The molecule has 0 saturated heterocycles. The van der Waals surface area contributed by atoms with Crippen LogP contribution in [0.1, 0.15) is 6.42 Å². The first-order chi connectivity index (χ1) is 6.68. The number of hydrogen-bond donors (Lipinski definition) is 1. The molecule has 0 bridgehead atoms. The summed E-state index contributed by atoms with van der Waals surface area (Å²) < 4.78 is 5.35. The molecule has 2 rings (SSSR count). The van der Waals surface area contributed by atoms with Gasteiger partial charge >= 0.3 is 0 Å². The fourth-order valence-electron chi connectivity index (χ4n) is 1.45. The molecule has 0 aliphatic carbocycles. The second-order valence-electron chi connectivity index (χ2n) is 3.20. The summed E-state index contributed by atoms with van der Waals surface area (Å²) in [6, 6.07) is 4.73. The highest BCUT2D eigenvalue weighted by atomic mass is 16.5. The van der Waals surface area contributed by atoms with Crippen molar-refractivity contribution in [2.24, 2.45) is 0 Å². The minimum Gasteiger partial charge on any atom is -0.508 e. The fourth-order valence-corrected chi connectivity index (χ4v) is 1.45. The molecule has 14 heavy (non-hydrogen) atoms. The maximum Gasteiger partial charge on any atom is 0.230 e. The molecule has 4 heteroatoms. The van der Waals surface area contributed by atoms with Gasteiger partial charge in [0.2, 0.25) is 5.91 Å². The highest BCUT2D eigenvalue weighted by molar-refractivity contribution is 5.95. The molecule has 4 nitrogen and oxygen atoms in total. The highest BCUT2D eigenvalue weighted by Crippen LogP contribution is 2.33. The average molecular weight is 193 g/mol. The van der Waals surface area contributed by atoms with Crippen LogP contribution in [-0.2, 0) is 4.79 Å². The van der Waals surface area contributed by atoms with Crippen molar-refractivity contribution in [3.05, 3.63) is 18.2 Å². The first kappa shape index (κ1) is 8.87. The topological polar surface area (TPSA) is 49.8 Å². The fraction of sp³-hybridized carbons (Fsp3) is 0.300. The van der Waals surface area contributed by atoms with Crippen LogP contribution in [0, 0.1) is 0 Å². The summed E-state index contributed by atoms with van der Waals surface area (Å²) in [5.41, 5.74) is 0.699. The van der Waals surface area contributed by atoms with E-state index < -0.39 is 0 Å². The van der Waals surface area contributed by atoms with Gasteiger partial charge in [0.1, 0.15) is 11.5 Å². The Morgan fingerprint density at radius 1 is 1.50 bits per heavy atom. The summed E-state index contributed by atoms with van der Waals surface area (Å²) in [6.07, 6.45) is 0.367. The lowest BCUT2D eigenvalue weighted by Crippen LogP contribution is -2.24. The van der Waals surface area contributed by atoms with Gasteiger partial charge in [-0.1, -0.05) is 0 Å². The van der Waals surface area contributed by atoms with Crippen LogP contribution < -0.4 is 9.64 Å². The number of hydrogen-bond acceptors (Lipinski definition) is 3. The highest BCUT2D eigenvalue weighted by Gasteiger charge is 2.19. The van der Waals surface area contributed by atoms with Crippen molar-refractivity contribution in [2.75, 3.05) is 18.6 Å². The Kier molecular flexibility index (Phi) is 2.04. The molecule has 0 aromatic heterocycles. The van der Waals surface area contributed by atoms with E-state index in [0.717, 1.165) is 0 Å². The molecular weight excluding hydrogens is 182 g/mol. The van der Waals surface area contributed by atoms with E-state index in [1.807, 2.05) is 0 Å². The molecule has 0 radical (unpaired) electrons. The van der Waals surface area contributed by atoms with Gasteiger partial charge in [0.25, 0.3) is 0 Å². The van der Waals surface area contributed by atoms with Gasteiger partial charge in [0, 0.05) is 13.1 Å². The molecule has 1 amide bonds. The van der Waals surface area contributed by atoms with E-state index in [1.54, 1.807) is 18.0 Å². The minimum absolute atomic E-state index is 0.0226. The molecule has 1 aliphatic heterocycles. The first-order valence-electron chi connectivity index (χ1n) is 4.41. The number of carbonyl (C=O) groups is 1. The van der Waals surface area contributed by atoms with Crippen molar-refractivity contribution >= 4 is 11.6 Å². The van der Waals surface area contributed by atoms with Crippen molar-refractivity contribution in [1.29, 1.82) is 0 Å². The second-order valence-corrected chi connectivity index (χ2v) is 3.20. The zero-order chi connectivity index (χ0) is 10.1. The molecule has 1 heterocycles. The van der Waals surface area contributed by atoms with Crippen LogP contribution in [0.5, 0.6) is 11.5 Å². The molecule has 0 unspecified atom stereocenters. The Morgan fingerprint density at radius 3 is 3.07 bits per heavy atom. The Bertz CT molecular complexity index is 376. The molecule has 1 aromatic carbocycles. The normalized spacial score (nSPS) is 15.8. The molecule has 1 aliphatic rings. The van der Waals surface area contributed by atoms with Crippen molar-refractivity contribution in [3.63, 3.8) is 0 Å². The van der Waals surface area contributed by atoms with Gasteiger partial charge in [-0.25, -0.2) is 0 Å². The zero-order valence-corrected chi connectivity index (χ0v) is 7.86. The lowest BCUT2D eigenvalue weighted by molar-refractivity contribution is -0.118. The van der Waals surface area contributed by atoms with E-state index in [2.05, 4.69) is 0 Å². The molecule has 0 fully saturated rings. The first-order valence-corrected chi connectivity index (χ1v) is 4.41. The maximum absolute atomic E-state index is 11.4. The molecular formula is C10H11NO3. The largest absolute Gasteiger partial charge is 0.508 e. The molecule has 0 spiro atoms. The van der Waals surface area contributed by atoms with Crippen molar-refractivity contribution in [3.8, 4) is 11.5 Å². The summed E-state index contributed by atoms with van der Waals surface area (Å²) >= 11 is 0. The minimum atomic E-state index is 0.0226. The van der Waals surface area contributed by atoms with Crippen molar-refractivity contribution < 1.29 is 14.6 Å². The number of anilines is 1. The molecule has 0 atom stereocenters. The third-order valence-corrected chi connectivity index (χ3v) is 2.25. The number of carbonyl (C=O) groups excluding carboxylic acids is 1. The summed E-state index contributed by atoms with van der Waals surface area (Å²) in [5.74, 6) is 0.722. The smallest absolute Gasteiger partial charge is 0.230 e. The molecule has 1 aromatic rings. The van der Waals surface area contributed by atoms with E-state index in [0.29, 0.717) is 24.5 Å². The van der Waals surface area contributed by atoms with E-state index in [-0.39, 0.29) is 11.7 Å². The summed E-state index contributed by atoms with van der Waals surface area (Å²) in [4.78, 5) is 13.0. The van der Waals surface area contributed by atoms with Crippen LogP contribution in [0.2, 0.25) is 0 Å². The number of nitrogens with zero attached hydrogens (tertiary/aromatic N) is 1. The van der Waals surface area contributed by atoms with Gasteiger partial charge in [0.15, 0.2) is 0 Å². The summed E-state index contributed by atoms with van der Waals surface area (Å²) in [6.45, 7) is 0.361. The third kappa shape index (κ3) is 1.39. The number of phenols is 1. The van der Waals surface area contributed by atoms with Gasteiger partial charge in [-0.15, -0.1) is 0 Å². The molecule has 0 saturated carbocycles. The van der Waals surface area contributed by atoms with Crippen LogP contribution in [-0.4, -0.2) is 24.7 Å². The van der Waals surface area contributed by atoms with Gasteiger partial charge in [-0.3, -0.25) is 4.79 Å². The monoisotopic (exact) mass is 193 g/mol. The van der Waals surface area contributed by atoms with Gasteiger partial charge < -0.3 is 14.7 Å². The number of amides is 1. The SMILES string of the molecule is CN1C(=O)CCOc2cc(O)ccc21. The Balaban J connectivity index is 2.48. The maximum atomic E-state index is 11.4. The Hall–Kier alpha value is -1.71. The van der Waals surface area contributed by atoms with Crippen LogP contribution in [0.25, 0.3) is 0 Å². The van der Waals surface area contributed by atoms with Crippen LogP contribution in [0.3, 0.4) is 0 Å². The number of ether oxygens (including phenoxy) is 1. The number of rotatable bonds is 0. The lowest BCUT2D eigenvalue weighted by Gasteiger charge is -2.15. The van der Waals surface area contributed by atoms with Gasteiger partial charge in [-0.2, -0.15) is 0 Å². The number of fused-ring (bicyclic) bond motifs is 1. The Morgan fingerprint density at radius 2 is 2.29 bits per heavy atom. The van der Waals surface area contributed by atoms with Crippen LogP contribution >= 0.6 is 0 Å². The third-order valence-electron chi connectivity index (χ3n) is 2.25. The van der Waals surface area contributed by atoms with Crippen molar-refractivity contribution in [1.82, 2.24) is 0 Å². The van der Waals surface area contributed by atoms with Crippen LogP contribution in [0.4, 0.5) is 5.69 Å². The second kappa shape index (κ2) is 3.21. The van der Waals surface area contributed by atoms with E-state index in [1.165, 1.54) is 12.1 Å². The van der Waals surface area contributed by atoms with Gasteiger partial charge in [-0.05, 0) is 12.1 Å². The average Bonchev–Trinajstić information content (AvgIpc) is 2.28. The lowest BCUT2D eigenvalue weighted by atomic mass is 10.2. The van der Waals surface area contributed by atoms with Crippen LogP contribution in [0.15, 0.2) is 18.2 Å². The standard InChI is InChI=1S/C10H11NO3/c1-11-8-3-2-7(12)6-9(8)14-5-4-10(11)13/h2-3,6,12H,4-5H2,1H3. The van der Waals surface area contributed by atoms with E-state index in [4.69, 9.17) is 4.74 Å². The number of benzene rings is 1. The number of phenolic OH excluding ortho intramolecular Hbond substituents is 1. The predicted molar refractivity (Wildman–Crippen MR) is 51.6 cm³/mol.